The van der Waals surface area contributed by atoms with Crippen molar-refractivity contribution in [2.24, 2.45) is 10.9 Å². The molecular formula is C16H27IN4O2S. The molecule has 1 aromatic rings. The van der Waals surface area contributed by atoms with Gasteiger partial charge in [-0.2, -0.15) is 0 Å². The third-order valence-corrected chi connectivity index (χ3v) is 5.43. The van der Waals surface area contributed by atoms with Crippen LogP contribution in [0.25, 0.3) is 0 Å². The third-order valence-electron chi connectivity index (χ3n) is 4.13. The number of piperidine rings is 1. The minimum Gasteiger partial charge on any atom is -0.356 e. The second kappa shape index (κ2) is 10.2. The first kappa shape index (κ1) is 21.2. The number of hydrogen-bond acceptors (Lipinski definition) is 3. The second-order valence-electron chi connectivity index (χ2n) is 5.90. The van der Waals surface area contributed by atoms with E-state index in [0.29, 0.717) is 19.0 Å². The van der Waals surface area contributed by atoms with E-state index in [0.717, 1.165) is 31.9 Å². The van der Waals surface area contributed by atoms with E-state index < -0.39 is 10.0 Å². The van der Waals surface area contributed by atoms with Gasteiger partial charge in [-0.25, -0.2) is 12.7 Å². The van der Waals surface area contributed by atoms with E-state index in [2.05, 4.69) is 27.8 Å². The van der Waals surface area contributed by atoms with Crippen molar-refractivity contribution in [2.75, 3.05) is 32.9 Å². The summed E-state index contributed by atoms with van der Waals surface area (Å²) in [5.41, 5.74) is 1.21. The molecule has 8 heteroatoms. The lowest BCUT2D eigenvalue weighted by Crippen LogP contribution is -2.43. The van der Waals surface area contributed by atoms with E-state index in [1.54, 1.807) is 11.4 Å². The van der Waals surface area contributed by atoms with Gasteiger partial charge in [0.15, 0.2) is 5.96 Å². The molecule has 0 bridgehead atoms. The topological polar surface area (TPSA) is 73.8 Å². The minimum atomic E-state index is -3.05. The van der Waals surface area contributed by atoms with E-state index in [1.165, 1.54) is 11.8 Å². The predicted molar refractivity (Wildman–Crippen MR) is 109 cm³/mol. The van der Waals surface area contributed by atoms with Gasteiger partial charge < -0.3 is 10.6 Å². The van der Waals surface area contributed by atoms with Crippen molar-refractivity contribution in [1.29, 1.82) is 0 Å². The number of rotatable bonds is 5. The SMILES string of the molecule is CN=C(NCc1ccccc1)NCC1CCN(S(C)(=O)=O)CC1.I. The molecule has 1 aliphatic rings. The van der Waals surface area contributed by atoms with E-state index in [1.807, 2.05) is 18.2 Å². The molecular weight excluding hydrogens is 439 g/mol. The van der Waals surface area contributed by atoms with Crippen LogP contribution >= 0.6 is 24.0 Å². The minimum absolute atomic E-state index is 0. The van der Waals surface area contributed by atoms with E-state index >= 15 is 0 Å². The molecule has 136 valence electrons. The maximum absolute atomic E-state index is 11.5. The lowest BCUT2D eigenvalue weighted by molar-refractivity contribution is 0.275. The lowest BCUT2D eigenvalue weighted by atomic mass is 9.98. The normalized spacial score (nSPS) is 17.2. The number of sulfonamides is 1. The van der Waals surface area contributed by atoms with Gasteiger partial charge in [0, 0.05) is 33.2 Å². The van der Waals surface area contributed by atoms with Crippen LogP contribution in [0, 0.1) is 5.92 Å². The van der Waals surface area contributed by atoms with Crippen LogP contribution in [0.3, 0.4) is 0 Å². The molecule has 0 spiro atoms. The third kappa shape index (κ3) is 6.94. The highest BCUT2D eigenvalue weighted by atomic mass is 127. The highest BCUT2D eigenvalue weighted by molar-refractivity contribution is 14.0. The monoisotopic (exact) mass is 466 g/mol. The molecule has 6 nitrogen and oxygen atoms in total. The van der Waals surface area contributed by atoms with Crippen LogP contribution in [-0.2, 0) is 16.6 Å². The maximum atomic E-state index is 11.5. The van der Waals surface area contributed by atoms with Gasteiger partial charge in [-0.3, -0.25) is 4.99 Å². The van der Waals surface area contributed by atoms with Gasteiger partial charge in [0.05, 0.1) is 6.26 Å². The summed E-state index contributed by atoms with van der Waals surface area (Å²) in [6.07, 6.45) is 3.05. The summed E-state index contributed by atoms with van der Waals surface area (Å²) in [7, 11) is -1.29. The molecule has 0 saturated carbocycles. The van der Waals surface area contributed by atoms with E-state index in [9.17, 15) is 8.42 Å². The van der Waals surface area contributed by atoms with Crippen molar-refractivity contribution in [2.45, 2.75) is 19.4 Å². The molecule has 1 fully saturated rings. The van der Waals surface area contributed by atoms with Crippen LogP contribution < -0.4 is 10.6 Å². The predicted octanol–water partition coefficient (Wildman–Crippen LogP) is 1.64. The smallest absolute Gasteiger partial charge is 0.211 e. The number of hydrogen-bond donors (Lipinski definition) is 2. The molecule has 0 amide bonds. The Labute approximate surface area is 162 Å². The summed E-state index contributed by atoms with van der Waals surface area (Å²) >= 11 is 0. The fourth-order valence-electron chi connectivity index (χ4n) is 2.69. The lowest BCUT2D eigenvalue weighted by Gasteiger charge is -2.30. The summed E-state index contributed by atoms with van der Waals surface area (Å²) in [6.45, 7) is 2.77. The van der Waals surface area contributed by atoms with Gasteiger partial charge in [-0.05, 0) is 24.3 Å². The van der Waals surface area contributed by atoms with Gasteiger partial charge in [0.2, 0.25) is 10.0 Å². The zero-order valence-electron chi connectivity index (χ0n) is 14.2. The Balaban J connectivity index is 0.00000288. The number of aliphatic imine (C=N–C) groups is 1. The molecule has 2 rings (SSSR count). The van der Waals surface area contributed by atoms with Crippen LogP contribution in [-0.4, -0.2) is 51.6 Å². The van der Waals surface area contributed by atoms with E-state index in [-0.39, 0.29) is 24.0 Å². The molecule has 0 atom stereocenters. The van der Waals surface area contributed by atoms with Gasteiger partial charge in [-0.1, -0.05) is 30.3 Å². The Morgan fingerprint density at radius 3 is 2.38 bits per heavy atom. The van der Waals surface area contributed by atoms with Crippen molar-refractivity contribution < 1.29 is 8.42 Å². The Morgan fingerprint density at radius 1 is 1.21 bits per heavy atom. The maximum Gasteiger partial charge on any atom is 0.211 e. The van der Waals surface area contributed by atoms with Crippen LogP contribution in [0.2, 0.25) is 0 Å². The number of halogens is 1. The number of benzene rings is 1. The van der Waals surface area contributed by atoms with Gasteiger partial charge >= 0.3 is 0 Å². The molecule has 24 heavy (non-hydrogen) atoms. The van der Waals surface area contributed by atoms with Gasteiger partial charge in [0.1, 0.15) is 0 Å². The molecule has 0 radical (unpaired) electrons. The van der Waals surface area contributed by atoms with Gasteiger partial charge in [0.25, 0.3) is 0 Å². The van der Waals surface area contributed by atoms with Crippen LogP contribution in [0.15, 0.2) is 35.3 Å². The quantitative estimate of drug-likeness (QED) is 0.393. The second-order valence-corrected chi connectivity index (χ2v) is 7.88. The summed E-state index contributed by atoms with van der Waals surface area (Å²) < 4.78 is 24.6. The van der Waals surface area contributed by atoms with Crippen molar-refractivity contribution in [1.82, 2.24) is 14.9 Å². The van der Waals surface area contributed by atoms with Gasteiger partial charge in [-0.15, -0.1) is 24.0 Å². The fourth-order valence-corrected chi connectivity index (χ4v) is 3.56. The fraction of sp³-hybridized carbons (Fsp3) is 0.562. The Morgan fingerprint density at radius 2 is 1.83 bits per heavy atom. The highest BCUT2D eigenvalue weighted by Gasteiger charge is 2.24. The Bertz CT molecular complexity index is 614. The zero-order chi connectivity index (χ0) is 16.7. The Hall–Kier alpha value is -0.870. The highest BCUT2D eigenvalue weighted by Crippen LogP contribution is 2.18. The molecule has 0 unspecified atom stereocenters. The number of nitrogens with zero attached hydrogens (tertiary/aromatic N) is 2. The first-order chi connectivity index (χ1) is 11.0. The van der Waals surface area contributed by atoms with Crippen LogP contribution in [0.4, 0.5) is 0 Å². The summed E-state index contributed by atoms with van der Waals surface area (Å²) in [5, 5.41) is 6.62. The molecule has 0 aliphatic carbocycles. The van der Waals surface area contributed by atoms with Crippen molar-refractivity contribution >= 4 is 40.0 Å². The van der Waals surface area contributed by atoms with Crippen molar-refractivity contribution in [3.63, 3.8) is 0 Å². The average molecular weight is 466 g/mol. The summed E-state index contributed by atoms with van der Waals surface area (Å²) in [6, 6.07) is 10.2. The van der Waals surface area contributed by atoms with Crippen LogP contribution in [0.5, 0.6) is 0 Å². The number of guanidine groups is 1. The molecule has 2 N–H and O–H groups in total. The molecule has 1 saturated heterocycles. The van der Waals surface area contributed by atoms with E-state index in [4.69, 9.17) is 0 Å². The molecule has 0 aromatic heterocycles. The Kier molecular flexibility index (Phi) is 8.99. The largest absolute Gasteiger partial charge is 0.356 e. The summed E-state index contributed by atoms with van der Waals surface area (Å²) in [5.74, 6) is 1.25. The first-order valence-corrected chi connectivity index (χ1v) is 9.77. The average Bonchev–Trinajstić information content (AvgIpc) is 2.55. The molecule has 1 heterocycles. The first-order valence-electron chi connectivity index (χ1n) is 7.92. The van der Waals surface area contributed by atoms with Crippen molar-refractivity contribution in [3.05, 3.63) is 35.9 Å². The van der Waals surface area contributed by atoms with Crippen molar-refractivity contribution in [3.8, 4) is 0 Å². The number of nitrogens with one attached hydrogen (secondary N) is 2. The summed E-state index contributed by atoms with van der Waals surface area (Å²) in [4.78, 5) is 4.23. The molecule has 1 aliphatic heterocycles. The molecule has 1 aromatic carbocycles. The zero-order valence-corrected chi connectivity index (χ0v) is 17.4. The standard InChI is InChI=1S/C16H26N4O2S.HI/c1-17-16(18-12-14-6-4-3-5-7-14)19-13-15-8-10-20(11-9-15)23(2,21)22;/h3-7,15H,8-13H2,1-2H3,(H2,17,18,19);1H. The van der Waals surface area contributed by atoms with Crippen LogP contribution in [0.1, 0.15) is 18.4 Å².